The van der Waals surface area contributed by atoms with Crippen molar-refractivity contribution in [2.75, 3.05) is 18.5 Å². The van der Waals surface area contributed by atoms with E-state index in [-0.39, 0.29) is 5.78 Å². The summed E-state index contributed by atoms with van der Waals surface area (Å²) in [6.45, 7) is -1.47. The molecule has 0 fully saturated rings. The third-order valence-electron chi connectivity index (χ3n) is 3.39. The van der Waals surface area contributed by atoms with Crippen molar-refractivity contribution in [1.82, 2.24) is 19.6 Å². The van der Waals surface area contributed by atoms with Crippen molar-refractivity contribution in [2.24, 2.45) is 0 Å². The molecule has 138 valence electrons. The molecule has 12 heteroatoms. The molecule has 0 aliphatic rings. The van der Waals surface area contributed by atoms with E-state index in [1.54, 1.807) is 0 Å². The Morgan fingerprint density at radius 3 is 2.31 bits per heavy atom. The van der Waals surface area contributed by atoms with Crippen molar-refractivity contribution < 1.29 is 26.3 Å². The Morgan fingerprint density at radius 1 is 1.12 bits per heavy atom. The van der Waals surface area contributed by atoms with Crippen LogP contribution >= 0.6 is 11.6 Å². The maximum absolute atomic E-state index is 14.2. The van der Waals surface area contributed by atoms with Crippen LogP contribution < -0.4 is 4.90 Å². The van der Waals surface area contributed by atoms with Crippen molar-refractivity contribution in [2.45, 2.75) is 6.18 Å². The zero-order valence-electron chi connectivity index (χ0n) is 12.8. The van der Waals surface area contributed by atoms with Crippen LogP contribution in [0.4, 0.5) is 32.2 Å². The second-order valence-electron chi connectivity index (χ2n) is 5.29. The van der Waals surface area contributed by atoms with Gasteiger partial charge in [0.2, 0.25) is 0 Å². The molecular weight excluding hydrogens is 388 g/mol. The summed E-state index contributed by atoms with van der Waals surface area (Å²) < 4.78 is 81.0. The van der Waals surface area contributed by atoms with E-state index in [1.165, 1.54) is 0 Å². The first-order valence-electron chi connectivity index (χ1n) is 6.90. The van der Waals surface area contributed by atoms with Crippen LogP contribution in [-0.2, 0) is 0 Å². The van der Waals surface area contributed by atoms with Crippen LogP contribution in [0, 0.1) is 17.5 Å². The molecule has 0 spiro atoms. The summed E-state index contributed by atoms with van der Waals surface area (Å²) in [6.07, 6.45) is -3.64. The number of rotatable bonds is 3. The third-order valence-corrected chi connectivity index (χ3v) is 3.67. The molecule has 26 heavy (non-hydrogen) atoms. The molecule has 0 saturated carbocycles. The molecule has 0 aliphatic heterocycles. The van der Waals surface area contributed by atoms with E-state index >= 15 is 0 Å². The van der Waals surface area contributed by atoms with Gasteiger partial charge in [-0.1, -0.05) is 11.6 Å². The third kappa shape index (κ3) is 3.26. The number of halogens is 7. The van der Waals surface area contributed by atoms with E-state index in [2.05, 4.69) is 15.1 Å². The highest BCUT2D eigenvalue weighted by Crippen LogP contribution is 2.39. The molecular formula is C14H8ClF6N5. The number of alkyl halides is 3. The summed E-state index contributed by atoms with van der Waals surface area (Å²) in [5.41, 5.74) is -1.34. The van der Waals surface area contributed by atoms with Gasteiger partial charge in [-0.25, -0.2) is 13.2 Å². The monoisotopic (exact) mass is 395 g/mol. The fraction of sp³-hybridized carbons (Fsp3) is 0.214. The number of nitrogens with zero attached hydrogens (tertiary/aromatic N) is 5. The number of aromatic nitrogens is 4. The lowest BCUT2D eigenvalue weighted by Gasteiger charge is -2.24. The van der Waals surface area contributed by atoms with E-state index in [0.29, 0.717) is 17.0 Å². The van der Waals surface area contributed by atoms with Gasteiger partial charge in [-0.2, -0.15) is 32.8 Å². The summed E-state index contributed by atoms with van der Waals surface area (Å²) in [4.78, 5) is 8.14. The van der Waals surface area contributed by atoms with E-state index in [1.807, 2.05) is 0 Å². The quantitative estimate of drug-likeness (QED) is 0.499. The molecule has 2 heterocycles. The Labute approximate surface area is 146 Å². The molecule has 3 aromatic rings. The summed E-state index contributed by atoms with van der Waals surface area (Å²) in [6, 6.07) is 0.766. The number of benzene rings is 1. The van der Waals surface area contributed by atoms with Gasteiger partial charge in [-0.05, 0) is 0 Å². The van der Waals surface area contributed by atoms with Crippen molar-refractivity contribution in [3.63, 3.8) is 0 Å². The van der Waals surface area contributed by atoms with Gasteiger partial charge in [-0.15, -0.1) is 0 Å². The van der Waals surface area contributed by atoms with Gasteiger partial charge in [0.25, 0.3) is 5.78 Å². The van der Waals surface area contributed by atoms with Crippen LogP contribution in [0.5, 0.6) is 0 Å². The molecule has 5 nitrogen and oxygen atoms in total. The van der Waals surface area contributed by atoms with Crippen LogP contribution in [0.3, 0.4) is 0 Å². The molecule has 3 rings (SSSR count). The van der Waals surface area contributed by atoms with Crippen molar-refractivity contribution in [3.05, 3.63) is 41.1 Å². The number of fused-ring (bicyclic) bond motifs is 1. The molecule has 0 atom stereocenters. The Hall–Kier alpha value is -2.56. The molecule has 0 unspecified atom stereocenters. The van der Waals surface area contributed by atoms with Crippen LogP contribution in [0.15, 0.2) is 18.5 Å². The molecule has 0 aliphatic carbocycles. The van der Waals surface area contributed by atoms with Gasteiger partial charge < -0.3 is 4.90 Å². The lowest BCUT2D eigenvalue weighted by atomic mass is 10.1. The molecule has 0 amide bonds. The van der Waals surface area contributed by atoms with E-state index in [9.17, 15) is 26.3 Å². The molecule has 2 aromatic heterocycles. The van der Waals surface area contributed by atoms with Gasteiger partial charge in [0.1, 0.15) is 41.3 Å². The highest BCUT2D eigenvalue weighted by atomic mass is 35.5. The number of hydrogen-bond acceptors (Lipinski definition) is 4. The van der Waals surface area contributed by atoms with Gasteiger partial charge in [-0.3, -0.25) is 0 Å². The van der Waals surface area contributed by atoms with Gasteiger partial charge in [0.05, 0.1) is 11.1 Å². The predicted molar refractivity (Wildman–Crippen MR) is 80.4 cm³/mol. The molecule has 0 bridgehead atoms. The van der Waals surface area contributed by atoms with Crippen molar-refractivity contribution in [3.8, 4) is 11.1 Å². The second kappa shape index (κ2) is 6.31. The fourth-order valence-corrected chi connectivity index (χ4v) is 2.75. The van der Waals surface area contributed by atoms with Crippen LogP contribution in [0.2, 0.25) is 5.15 Å². The lowest BCUT2D eigenvalue weighted by molar-refractivity contribution is -0.119. The Morgan fingerprint density at radius 2 is 1.73 bits per heavy atom. The van der Waals surface area contributed by atoms with Gasteiger partial charge >= 0.3 is 6.18 Å². The summed E-state index contributed by atoms with van der Waals surface area (Å²) in [5.74, 6) is -4.48. The minimum atomic E-state index is -4.63. The van der Waals surface area contributed by atoms with Gasteiger partial charge in [0, 0.05) is 19.2 Å². The summed E-state index contributed by atoms with van der Waals surface area (Å²) >= 11 is 5.97. The highest BCUT2D eigenvalue weighted by molar-refractivity contribution is 6.33. The molecule has 0 N–H and O–H groups in total. The Bertz CT molecular complexity index is 963. The molecule has 0 saturated heterocycles. The first-order chi connectivity index (χ1) is 12.1. The van der Waals surface area contributed by atoms with Crippen LogP contribution in [-0.4, -0.2) is 39.4 Å². The average Bonchev–Trinajstić information content (AvgIpc) is 2.91. The standard InChI is InChI=1S/C14H8ClF6N5/c1-25(4-14(19,20)21)12-10(9-7(17)2-6(16)3-8(9)18)11(15)24-13-22-5-23-26(12)13/h2-3,5H,4H2,1H3. The minimum absolute atomic E-state index is 0.175. The second-order valence-corrected chi connectivity index (χ2v) is 5.65. The van der Waals surface area contributed by atoms with E-state index in [0.717, 1.165) is 17.9 Å². The first-order valence-corrected chi connectivity index (χ1v) is 7.28. The normalized spacial score (nSPS) is 12.0. The van der Waals surface area contributed by atoms with E-state index in [4.69, 9.17) is 11.6 Å². The maximum atomic E-state index is 14.2. The smallest absolute Gasteiger partial charge is 0.350 e. The van der Waals surface area contributed by atoms with E-state index < -0.39 is 52.3 Å². The van der Waals surface area contributed by atoms with Crippen LogP contribution in [0.1, 0.15) is 0 Å². The Balaban J connectivity index is 2.35. The molecule has 0 radical (unpaired) electrons. The maximum Gasteiger partial charge on any atom is 0.405 e. The summed E-state index contributed by atoms with van der Waals surface area (Å²) in [5, 5.41) is 3.22. The summed E-state index contributed by atoms with van der Waals surface area (Å²) in [7, 11) is 1.03. The number of anilines is 1. The topological polar surface area (TPSA) is 46.3 Å². The average molecular weight is 396 g/mol. The predicted octanol–water partition coefficient (Wildman–Crippen LogP) is 3.86. The minimum Gasteiger partial charge on any atom is -0.350 e. The highest BCUT2D eigenvalue weighted by Gasteiger charge is 2.33. The largest absolute Gasteiger partial charge is 0.405 e. The van der Waals surface area contributed by atoms with Crippen molar-refractivity contribution >= 4 is 23.2 Å². The van der Waals surface area contributed by atoms with Crippen LogP contribution in [0.25, 0.3) is 16.9 Å². The zero-order chi connectivity index (χ0) is 19.2. The van der Waals surface area contributed by atoms with Crippen molar-refractivity contribution in [1.29, 1.82) is 0 Å². The molecule has 1 aromatic carbocycles. The first kappa shape index (κ1) is 18.2. The lowest BCUT2D eigenvalue weighted by Crippen LogP contribution is -2.33. The zero-order valence-corrected chi connectivity index (χ0v) is 13.6. The van der Waals surface area contributed by atoms with Gasteiger partial charge in [0.15, 0.2) is 0 Å². The Kier molecular flexibility index (Phi) is 4.42. The SMILES string of the molecule is CN(CC(F)(F)F)c1c(-c2c(F)cc(F)cc2F)c(Cl)nc2ncnn12. The number of hydrogen-bond donors (Lipinski definition) is 0. The fourth-order valence-electron chi connectivity index (χ4n) is 2.50.